The van der Waals surface area contributed by atoms with Crippen molar-refractivity contribution in [3.63, 3.8) is 0 Å². The van der Waals surface area contributed by atoms with Crippen molar-refractivity contribution in [2.24, 2.45) is 5.16 Å². The summed E-state index contributed by atoms with van der Waals surface area (Å²) in [4.78, 5) is 0. The zero-order chi connectivity index (χ0) is 11.7. The Labute approximate surface area is 108 Å². The molecule has 1 N–H and O–H groups in total. The lowest BCUT2D eigenvalue weighted by Crippen LogP contribution is -2.14. The van der Waals surface area contributed by atoms with Gasteiger partial charge in [-0.15, -0.1) is 0 Å². The Balaban J connectivity index is 2.02. The molecule has 0 unspecified atom stereocenters. The van der Waals surface area contributed by atoms with E-state index in [0.29, 0.717) is 6.42 Å². The van der Waals surface area contributed by atoms with Crippen LogP contribution in [0.25, 0.3) is 10.8 Å². The van der Waals surface area contributed by atoms with Crippen LogP contribution in [-0.4, -0.2) is 5.84 Å². The third kappa shape index (κ3) is 2.06. The number of hydrogen-bond acceptors (Lipinski definition) is 4. The van der Waals surface area contributed by atoms with Crippen LogP contribution in [0.5, 0.6) is 0 Å². The van der Waals surface area contributed by atoms with E-state index in [-0.39, 0.29) is 0 Å². The van der Waals surface area contributed by atoms with Crippen molar-refractivity contribution in [2.75, 3.05) is 0 Å². The molecule has 0 spiro atoms. The Hall–Kier alpha value is -1.39. The predicted molar refractivity (Wildman–Crippen MR) is 71.9 cm³/mol. The Morgan fingerprint density at radius 2 is 2.12 bits per heavy atom. The molecule has 0 saturated heterocycles. The first kappa shape index (κ1) is 10.7. The standard InChI is InChI=1S/C12H9ClN2OS/c13-12-9(7-11-14-16-17-15-11)6-5-8-3-1-2-4-10(8)12/h1-6H,7H2,(H,14,15). The fourth-order valence-electron chi connectivity index (χ4n) is 1.81. The molecule has 0 bridgehead atoms. The second-order valence-corrected chi connectivity index (χ2v) is 4.63. The molecule has 0 aliphatic carbocycles. The minimum Gasteiger partial charge on any atom is -0.297 e. The SMILES string of the molecule is Clc1c(CC2=NOSN2)ccc2ccccc12. The van der Waals surface area contributed by atoms with Crippen LogP contribution in [0.4, 0.5) is 0 Å². The number of nitrogens with zero attached hydrogens (tertiary/aromatic N) is 1. The van der Waals surface area contributed by atoms with E-state index in [2.05, 4.69) is 22.0 Å². The lowest BCUT2D eigenvalue weighted by atomic mass is 10.0. The lowest BCUT2D eigenvalue weighted by Gasteiger charge is -2.06. The van der Waals surface area contributed by atoms with Crippen LogP contribution in [0.2, 0.25) is 5.02 Å². The van der Waals surface area contributed by atoms with Gasteiger partial charge in [0.1, 0.15) is 0 Å². The van der Waals surface area contributed by atoms with E-state index in [1.54, 1.807) is 0 Å². The van der Waals surface area contributed by atoms with Crippen LogP contribution in [0, 0.1) is 0 Å². The van der Waals surface area contributed by atoms with Crippen LogP contribution in [0.1, 0.15) is 5.56 Å². The lowest BCUT2D eigenvalue weighted by molar-refractivity contribution is 0.415. The summed E-state index contributed by atoms with van der Waals surface area (Å²) in [7, 11) is 0. The van der Waals surface area contributed by atoms with E-state index in [1.807, 2.05) is 24.3 Å². The van der Waals surface area contributed by atoms with Gasteiger partial charge in [-0.05, 0) is 10.9 Å². The smallest absolute Gasteiger partial charge is 0.208 e. The van der Waals surface area contributed by atoms with Crippen molar-refractivity contribution in [3.8, 4) is 0 Å². The van der Waals surface area contributed by atoms with E-state index >= 15 is 0 Å². The van der Waals surface area contributed by atoms with Crippen molar-refractivity contribution in [1.29, 1.82) is 0 Å². The van der Waals surface area contributed by atoms with Gasteiger partial charge in [0, 0.05) is 11.8 Å². The van der Waals surface area contributed by atoms with Crippen LogP contribution < -0.4 is 4.72 Å². The molecule has 0 aromatic heterocycles. The summed E-state index contributed by atoms with van der Waals surface area (Å²) in [6.45, 7) is 0. The molecule has 1 aliphatic rings. The molecule has 0 saturated carbocycles. The highest BCUT2D eigenvalue weighted by Gasteiger charge is 2.12. The molecule has 5 heteroatoms. The minimum atomic E-state index is 0.649. The van der Waals surface area contributed by atoms with E-state index < -0.39 is 0 Å². The van der Waals surface area contributed by atoms with Gasteiger partial charge in [0.05, 0.1) is 5.02 Å². The number of amidine groups is 1. The Morgan fingerprint density at radius 1 is 1.24 bits per heavy atom. The molecule has 86 valence electrons. The molecule has 2 aromatic carbocycles. The number of benzene rings is 2. The average molecular weight is 265 g/mol. The van der Waals surface area contributed by atoms with Gasteiger partial charge < -0.3 is 0 Å². The number of hydrogen-bond donors (Lipinski definition) is 1. The summed E-state index contributed by atoms with van der Waals surface area (Å²) < 4.78 is 7.77. The molecule has 0 radical (unpaired) electrons. The van der Waals surface area contributed by atoms with Gasteiger partial charge in [-0.1, -0.05) is 53.2 Å². The maximum Gasteiger partial charge on any atom is 0.208 e. The first-order chi connectivity index (χ1) is 8.34. The molecule has 3 nitrogen and oxygen atoms in total. The molecular formula is C12H9ClN2OS. The van der Waals surface area contributed by atoms with Gasteiger partial charge in [0.25, 0.3) is 0 Å². The second kappa shape index (κ2) is 4.47. The first-order valence-corrected chi connectivity index (χ1v) is 6.28. The average Bonchev–Trinajstić information content (AvgIpc) is 2.86. The van der Waals surface area contributed by atoms with Gasteiger partial charge in [0.15, 0.2) is 5.84 Å². The van der Waals surface area contributed by atoms with Crippen LogP contribution in [-0.2, 0) is 10.7 Å². The summed E-state index contributed by atoms with van der Waals surface area (Å²) in [5, 5.41) is 6.86. The largest absolute Gasteiger partial charge is 0.297 e. The number of fused-ring (bicyclic) bond motifs is 1. The summed E-state index contributed by atoms with van der Waals surface area (Å²) in [6.07, 6.45) is 0.649. The van der Waals surface area contributed by atoms with Crippen LogP contribution in [0.3, 0.4) is 0 Å². The fraction of sp³-hybridized carbons (Fsp3) is 0.0833. The highest BCUT2D eigenvalue weighted by Crippen LogP contribution is 2.28. The van der Waals surface area contributed by atoms with Crippen molar-refractivity contribution in [3.05, 3.63) is 47.0 Å². The van der Waals surface area contributed by atoms with Gasteiger partial charge in [0.2, 0.25) is 12.2 Å². The summed E-state index contributed by atoms with van der Waals surface area (Å²) in [6, 6.07) is 12.2. The maximum absolute atomic E-state index is 6.39. The Bertz CT molecular complexity index is 600. The van der Waals surface area contributed by atoms with Gasteiger partial charge in [-0.3, -0.25) is 9.01 Å². The summed E-state index contributed by atoms with van der Waals surface area (Å²) >= 11 is 7.50. The normalized spacial score (nSPS) is 14.3. The Morgan fingerprint density at radius 3 is 2.94 bits per heavy atom. The number of halogens is 1. The molecule has 0 fully saturated rings. The topological polar surface area (TPSA) is 33.6 Å². The molecule has 2 aromatic rings. The fourth-order valence-corrected chi connectivity index (χ4v) is 2.49. The molecule has 1 aliphatic heterocycles. The number of rotatable bonds is 2. The molecule has 0 atom stereocenters. The zero-order valence-electron chi connectivity index (χ0n) is 8.81. The van der Waals surface area contributed by atoms with Gasteiger partial charge in [-0.2, -0.15) is 0 Å². The van der Waals surface area contributed by atoms with E-state index in [0.717, 1.165) is 39.4 Å². The summed E-state index contributed by atoms with van der Waals surface area (Å²) in [5.74, 6) is 0.784. The molecule has 17 heavy (non-hydrogen) atoms. The highest BCUT2D eigenvalue weighted by molar-refractivity contribution is 7.93. The third-order valence-corrected chi connectivity index (χ3v) is 3.56. The van der Waals surface area contributed by atoms with Crippen LogP contribution >= 0.6 is 23.8 Å². The molecular weight excluding hydrogens is 256 g/mol. The minimum absolute atomic E-state index is 0.649. The van der Waals surface area contributed by atoms with Crippen molar-refractivity contribution in [1.82, 2.24) is 4.72 Å². The zero-order valence-corrected chi connectivity index (χ0v) is 10.4. The van der Waals surface area contributed by atoms with E-state index in [1.165, 1.54) is 0 Å². The second-order valence-electron chi connectivity index (χ2n) is 3.73. The third-order valence-electron chi connectivity index (χ3n) is 2.65. The summed E-state index contributed by atoms with van der Waals surface area (Å²) in [5.41, 5.74) is 1.04. The highest BCUT2D eigenvalue weighted by atomic mass is 35.5. The quantitative estimate of drug-likeness (QED) is 0.665. The number of oxime groups is 1. The van der Waals surface area contributed by atoms with Gasteiger partial charge in [-0.25, -0.2) is 0 Å². The van der Waals surface area contributed by atoms with Crippen molar-refractivity contribution < 1.29 is 4.28 Å². The molecule has 3 rings (SSSR count). The first-order valence-electron chi connectivity index (χ1n) is 5.16. The maximum atomic E-state index is 6.39. The Kier molecular flexibility index (Phi) is 2.82. The van der Waals surface area contributed by atoms with Crippen molar-refractivity contribution >= 4 is 40.4 Å². The monoisotopic (exact) mass is 264 g/mol. The van der Waals surface area contributed by atoms with Gasteiger partial charge >= 0.3 is 0 Å². The van der Waals surface area contributed by atoms with Crippen LogP contribution in [0.15, 0.2) is 41.6 Å². The molecule has 0 amide bonds. The van der Waals surface area contributed by atoms with E-state index in [9.17, 15) is 0 Å². The van der Waals surface area contributed by atoms with E-state index in [4.69, 9.17) is 15.9 Å². The van der Waals surface area contributed by atoms with Crippen molar-refractivity contribution in [2.45, 2.75) is 6.42 Å². The number of nitrogens with one attached hydrogen (secondary N) is 1. The predicted octanol–water partition coefficient (Wildman–Crippen LogP) is 3.53. The molecule has 1 heterocycles.